The molecule has 0 spiro atoms. The summed E-state index contributed by atoms with van der Waals surface area (Å²) in [5, 5.41) is 0. The van der Waals surface area contributed by atoms with Gasteiger partial charge in [-0.2, -0.15) is 0 Å². The van der Waals surface area contributed by atoms with Gasteiger partial charge >= 0.3 is 5.97 Å². The molecule has 0 bridgehead atoms. The zero-order valence-corrected chi connectivity index (χ0v) is 11.1. The van der Waals surface area contributed by atoms with Crippen LogP contribution in [0.4, 0.5) is 4.39 Å². The molecule has 0 aliphatic carbocycles. The number of ether oxygens (including phenoxy) is 1. The lowest BCUT2D eigenvalue weighted by atomic mass is 10.0. The quantitative estimate of drug-likeness (QED) is 0.489. The molecule has 0 radical (unpaired) electrons. The molecule has 4 heteroatoms. The number of rotatable bonds is 3. The van der Waals surface area contributed by atoms with Crippen molar-refractivity contribution >= 4 is 11.8 Å². The standard InChI is InChI=1S/C16H13FO3/c1-10-3-8-14(15(17)9-10)16(19)12-4-6-13(7-5-12)20-11(2)18/h3-9H,1-2H3. The Labute approximate surface area is 116 Å². The summed E-state index contributed by atoms with van der Waals surface area (Å²) in [7, 11) is 0. The summed E-state index contributed by atoms with van der Waals surface area (Å²) in [5.74, 6) is -1.04. The highest BCUT2D eigenvalue weighted by molar-refractivity contribution is 6.09. The van der Waals surface area contributed by atoms with Gasteiger partial charge in [-0.15, -0.1) is 0 Å². The van der Waals surface area contributed by atoms with Crippen LogP contribution < -0.4 is 4.74 Å². The molecule has 2 aromatic carbocycles. The van der Waals surface area contributed by atoms with Crippen LogP contribution in [0.15, 0.2) is 42.5 Å². The van der Waals surface area contributed by atoms with E-state index in [-0.39, 0.29) is 5.56 Å². The number of halogens is 1. The van der Waals surface area contributed by atoms with Crippen LogP contribution in [0.25, 0.3) is 0 Å². The van der Waals surface area contributed by atoms with Gasteiger partial charge in [0.25, 0.3) is 0 Å². The van der Waals surface area contributed by atoms with Gasteiger partial charge in [-0.05, 0) is 48.9 Å². The molecule has 2 aromatic rings. The van der Waals surface area contributed by atoms with Crippen molar-refractivity contribution < 1.29 is 18.7 Å². The summed E-state index contributed by atoms with van der Waals surface area (Å²) in [6, 6.07) is 10.5. The van der Waals surface area contributed by atoms with Gasteiger partial charge in [0.1, 0.15) is 11.6 Å². The third-order valence-electron chi connectivity index (χ3n) is 2.75. The molecule has 102 valence electrons. The van der Waals surface area contributed by atoms with Gasteiger partial charge in [-0.1, -0.05) is 6.07 Å². The summed E-state index contributed by atoms with van der Waals surface area (Å²) in [6.45, 7) is 3.05. The fourth-order valence-corrected chi connectivity index (χ4v) is 1.80. The summed E-state index contributed by atoms with van der Waals surface area (Å²) in [5.41, 5.74) is 1.11. The van der Waals surface area contributed by atoms with Crippen LogP contribution in [0.5, 0.6) is 5.75 Å². The number of benzene rings is 2. The monoisotopic (exact) mass is 272 g/mol. The van der Waals surface area contributed by atoms with Crippen molar-refractivity contribution in [3.8, 4) is 5.75 Å². The largest absolute Gasteiger partial charge is 0.427 e. The zero-order valence-electron chi connectivity index (χ0n) is 11.1. The Morgan fingerprint density at radius 1 is 1.05 bits per heavy atom. The number of esters is 1. The van der Waals surface area contributed by atoms with Crippen molar-refractivity contribution in [2.75, 3.05) is 0 Å². The predicted molar refractivity (Wildman–Crippen MR) is 72.3 cm³/mol. The summed E-state index contributed by atoms with van der Waals surface area (Å²) < 4.78 is 18.6. The Morgan fingerprint density at radius 2 is 1.70 bits per heavy atom. The first kappa shape index (κ1) is 13.9. The number of carbonyl (C=O) groups is 2. The number of aryl methyl sites for hydroxylation is 1. The van der Waals surface area contributed by atoms with E-state index >= 15 is 0 Å². The van der Waals surface area contributed by atoms with Gasteiger partial charge in [0, 0.05) is 12.5 Å². The number of hydrogen-bond donors (Lipinski definition) is 0. The van der Waals surface area contributed by atoms with Gasteiger partial charge in [-0.3, -0.25) is 9.59 Å². The Kier molecular flexibility index (Phi) is 3.94. The minimum atomic E-state index is -0.543. The lowest BCUT2D eigenvalue weighted by molar-refractivity contribution is -0.131. The van der Waals surface area contributed by atoms with E-state index in [9.17, 15) is 14.0 Å². The fraction of sp³-hybridized carbons (Fsp3) is 0.125. The Morgan fingerprint density at radius 3 is 2.25 bits per heavy atom. The molecule has 2 rings (SSSR count). The lowest BCUT2D eigenvalue weighted by Crippen LogP contribution is -2.05. The molecular formula is C16H13FO3. The van der Waals surface area contributed by atoms with Gasteiger partial charge in [0.2, 0.25) is 0 Å². The maximum Gasteiger partial charge on any atom is 0.308 e. The van der Waals surface area contributed by atoms with E-state index in [0.29, 0.717) is 11.3 Å². The molecule has 3 nitrogen and oxygen atoms in total. The average molecular weight is 272 g/mol. The van der Waals surface area contributed by atoms with Crippen LogP contribution in [-0.4, -0.2) is 11.8 Å². The van der Waals surface area contributed by atoms with E-state index in [1.807, 2.05) is 0 Å². The summed E-state index contributed by atoms with van der Waals surface area (Å²) in [6.07, 6.45) is 0. The Bertz CT molecular complexity index is 660. The van der Waals surface area contributed by atoms with Gasteiger partial charge in [0.15, 0.2) is 5.78 Å². The minimum Gasteiger partial charge on any atom is -0.427 e. The first-order chi connectivity index (χ1) is 9.47. The van der Waals surface area contributed by atoms with E-state index in [1.54, 1.807) is 13.0 Å². The second-order valence-corrected chi connectivity index (χ2v) is 4.43. The third-order valence-corrected chi connectivity index (χ3v) is 2.75. The second kappa shape index (κ2) is 5.65. The predicted octanol–water partition coefficient (Wildman–Crippen LogP) is 3.29. The maximum absolute atomic E-state index is 13.7. The van der Waals surface area contributed by atoms with Crippen molar-refractivity contribution in [3.05, 3.63) is 65.0 Å². The lowest BCUT2D eigenvalue weighted by Gasteiger charge is -2.05. The number of carbonyl (C=O) groups excluding carboxylic acids is 2. The molecule has 0 amide bonds. The normalized spacial score (nSPS) is 10.2. The molecule has 0 saturated heterocycles. The molecule has 0 atom stereocenters. The second-order valence-electron chi connectivity index (χ2n) is 4.43. The first-order valence-electron chi connectivity index (χ1n) is 6.06. The minimum absolute atomic E-state index is 0.0239. The molecule has 0 aliphatic heterocycles. The van der Waals surface area contributed by atoms with Crippen LogP contribution >= 0.6 is 0 Å². The maximum atomic E-state index is 13.7. The third kappa shape index (κ3) is 3.09. The summed E-state index contributed by atoms with van der Waals surface area (Å²) in [4.78, 5) is 23.0. The SMILES string of the molecule is CC(=O)Oc1ccc(C(=O)c2ccc(C)cc2F)cc1. The van der Waals surface area contributed by atoms with Gasteiger partial charge < -0.3 is 4.74 Å². The average Bonchev–Trinajstić information content (AvgIpc) is 2.38. The van der Waals surface area contributed by atoms with E-state index < -0.39 is 17.6 Å². The van der Waals surface area contributed by atoms with Crippen LogP contribution in [-0.2, 0) is 4.79 Å². The van der Waals surface area contributed by atoms with Crippen LogP contribution in [0.2, 0.25) is 0 Å². The summed E-state index contributed by atoms with van der Waals surface area (Å²) >= 11 is 0. The Balaban J connectivity index is 2.27. The van der Waals surface area contributed by atoms with E-state index in [4.69, 9.17) is 4.74 Å². The number of ketones is 1. The molecule has 0 saturated carbocycles. The van der Waals surface area contributed by atoms with Gasteiger partial charge in [0.05, 0.1) is 5.56 Å². The van der Waals surface area contributed by atoms with Crippen molar-refractivity contribution in [1.29, 1.82) is 0 Å². The molecule has 0 N–H and O–H groups in total. The molecule has 20 heavy (non-hydrogen) atoms. The molecule has 0 fully saturated rings. The number of hydrogen-bond acceptors (Lipinski definition) is 3. The Hall–Kier alpha value is -2.49. The van der Waals surface area contributed by atoms with Crippen molar-refractivity contribution in [2.24, 2.45) is 0 Å². The highest BCUT2D eigenvalue weighted by Crippen LogP contribution is 2.18. The van der Waals surface area contributed by atoms with Crippen molar-refractivity contribution in [1.82, 2.24) is 0 Å². The molecule has 0 aliphatic rings. The fourth-order valence-electron chi connectivity index (χ4n) is 1.80. The zero-order chi connectivity index (χ0) is 14.7. The van der Waals surface area contributed by atoms with Crippen LogP contribution in [0, 0.1) is 12.7 Å². The molecule has 0 aromatic heterocycles. The van der Waals surface area contributed by atoms with Crippen molar-refractivity contribution in [3.63, 3.8) is 0 Å². The van der Waals surface area contributed by atoms with Crippen LogP contribution in [0.1, 0.15) is 28.4 Å². The molecule has 0 unspecified atom stereocenters. The molecule has 0 heterocycles. The first-order valence-corrected chi connectivity index (χ1v) is 6.06. The highest BCUT2D eigenvalue weighted by atomic mass is 19.1. The molecular weight excluding hydrogens is 259 g/mol. The van der Waals surface area contributed by atoms with E-state index in [1.165, 1.54) is 43.3 Å². The smallest absolute Gasteiger partial charge is 0.308 e. The van der Waals surface area contributed by atoms with Gasteiger partial charge in [-0.25, -0.2) is 4.39 Å². The van der Waals surface area contributed by atoms with E-state index in [2.05, 4.69) is 0 Å². The van der Waals surface area contributed by atoms with E-state index in [0.717, 1.165) is 5.56 Å². The topological polar surface area (TPSA) is 43.4 Å². The van der Waals surface area contributed by atoms with Crippen LogP contribution in [0.3, 0.4) is 0 Å². The van der Waals surface area contributed by atoms with Crippen molar-refractivity contribution in [2.45, 2.75) is 13.8 Å². The highest BCUT2D eigenvalue weighted by Gasteiger charge is 2.14.